The first-order valence-electron chi connectivity index (χ1n) is 6.45. The van der Waals surface area contributed by atoms with Crippen LogP contribution in [0.2, 0.25) is 0 Å². The van der Waals surface area contributed by atoms with Gasteiger partial charge in [-0.25, -0.2) is 0 Å². The van der Waals surface area contributed by atoms with E-state index in [1.54, 1.807) is 0 Å². The van der Waals surface area contributed by atoms with Crippen molar-refractivity contribution in [1.29, 1.82) is 0 Å². The maximum atomic E-state index is 5.17. The SMILES string of the molecule is CCNC1CCN(Cc2nc(C)no2)C(C)C1. The van der Waals surface area contributed by atoms with Gasteiger partial charge in [-0.05, 0) is 33.2 Å². The van der Waals surface area contributed by atoms with Crippen LogP contribution in [0.25, 0.3) is 0 Å². The molecule has 96 valence electrons. The molecule has 1 aromatic rings. The second kappa shape index (κ2) is 5.60. The van der Waals surface area contributed by atoms with Gasteiger partial charge in [0.15, 0.2) is 5.82 Å². The molecule has 17 heavy (non-hydrogen) atoms. The van der Waals surface area contributed by atoms with Gasteiger partial charge in [-0.2, -0.15) is 4.98 Å². The number of piperidine rings is 1. The van der Waals surface area contributed by atoms with Gasteiger partial charge in [-0.15, -0.1) is 0 Å². The van der Waals surface area contributed by atoms with E-state index in [9.17, 15) is 0 Å². The van der Waals surface area contributed by atoms with Crippen molar-refractivity contribution in [3.63, 3.8) is 0 Å². The van der Waals surface area contributed by atoms with Crippen molar-refractivity contribution >= 4 is 0 Å². The van der Waals surface area contributed by atoms with E-state index in [2.05, 4.69) is 34.2 Å². The largest absolute Gasteiger partial charge is 0.338 e. The van der Waals surface area contributed by atoms with Crippen LogP contribution >= 0.6 is 0 Å². The lowest BCUT2D eigenvalue weighted by molar-refractivity contribution is 0.115. The summed E-state index contributed by atoms with van der Waals surface area (Å²) >= 11 is 0. The first-order chi connectivity index (χ1) is 8.19. The van der Waals surface area contributed by atoms with Gasteiger partial charge in [0.1, 0.15) is 0 Å². The number of hydrogen-bond donors (Lipinski definition) is 1. The van der Waals surface area contributed by atoms with Gasteiger partial charge in [-0.1, -0.05) is 12.1 Å². The molecule has 0 amide bonds. The molecule has 2 atom stereocenters. The highest BCUT2D eigenvalue weighted by molar-refractivity contribution is 4.88. The molecule has 5 heteroatoms. The molecule has 0 aromatic carbocycles. The van der Waals surface area contributed by atoms with Crippen molar-refractivity contribution in [2.75, 3.05) is 13.1 Å². The smallest absolute Gasteiger partial charge is 0.240 e. The van der Waals surface area contributed by atoms with Gasteiger partial charge in [0, 0.05) is 18.6 Å². The third-order valence-electron chi connectivity index (χ3n) is 3.41. The standard InChI is InChI=1S/C12H22N4O/c1-4-13-11-5-6-16(9(2)7-11)8-12-14-10(3)15-17-12/h9,11,13H,4-8H2,1-3H3. The minimum Gasteiger partial charge on any atom is -0.338 e. The Morgan fingerprint density at radius 2 is 2.35 bits per heavy atom. The molecule has 1 aliphatic rings. The van der Waals surface area contributed by atoms with Gasteiger partial charge >= 0.3 is 0 Å². The molecule has 0 bridgehead atoms. The summed E-state index contributed by atoms with van der Waals surface area (Å²) in [6, 6.07) is 1.23. The third kappa shape index (κ3) is 3.26. The van der Waals surface area contributed by atoms with Crippen LogP contribution < -0.4 is 5.32 Å². The fourth-order valence-electron chi connectivity index (χ4n) is 2.51. The van der Waals surface area contributed by atoms with E-state index >= 15 is 0 Å². The number of nitrogens with zero attached hydrogens (tertiary/aromatic N) is 3. The van der Waals surface area contributed by atoms with Crippen LogP contribution in [0.5, 0.6) is 0 Å². The number of aromatic nitrogens is 2. The van der Waals surface area contributed by atoms with Crippen LogP contribution in [-0.4, -0.2) is 40.2 Å². The van der Waals surface area contributed by atoms with Crippen LogP contribution in [0.1, 0.15) is 38.4 Å². The fraction of sp³-hybridized carbons (Fsp3) is 0.833. The summed E-state index contributed by atoms with van der Waals surface area (Å²) in [5, 5.41) is 7.35. The minimum absolute atomic E-state index is 0.569. The molecule has 1 aromatic heterocycles. The molecule has 1 N–H and O–H groups in total. The average Bonchev–Trinajstić information content (AvgIpc) is 2.69. The molecular weight excluding hydrogens is 216 g/mol. The predicted octanol–water partition coefficient (Wildman–Crippen LogP) is 1.34. The monoisotopic (exact) mass is 238 g/mol. The molecular formula is C12H22N4O. The maximum Gasteiger partial charge on any atom is 0.240 e. The summed E-state index contributed by atoms with van der Waals surface area (Å²) < 4.78 is 5.17. The topological polar surface area (TPSA) is 54.2 Å². The van der Waals surface area contributed by atoms with Crippen molar-refractivity contribution in [2.24, 2.45) is 0 Å². The zero-order chi connectivity index (χ0) is 12.3. The van der Waals surface area contributed by atoms with Crippen molar-refractivity contribution in [2.45, 2.75) is 52.2 Å². The zero-order valence-electron chi connectivity index (χ0n) is 10.9. The number of rotatable bonds is 4. The van der Waals surface area contributed by atoms with Crippen molar-refractivity contribution in [3.8, 4) is 0 Å². The van der Waals surface area contributed by atoms with Gasteiger partial charge in [0.2, 0.25) is 5.89 Å². The normalized spacial score (nSPS) is 26.3. The van der Waals surface area contributed by atoms with Crippen LogP contribution in [0.4, 0.5) is 0 Å². The number of aryl methyl sites for hydroxylation is 1. The first kappa shape index (κ1) is 12.5. The molecule has 0 spiro atoms. The minimum atomic E-state index is 0.569. The predicted molar refractivity (Wildman–Crippen MR) is 65.6 cm³/mol. The van der Waals surface area contributed by atoms with E-state index in [0.717, 1.165) is 31.3 Å². The van der Waals surface area contributed by atoms with Crippen LogP contribution in [0.3, 0.4) is 0 Å². The van der Waals surface area contributed by atoms with Crippen molar-refractivity contribution < 1.29 is 4.52 Å². The summed E-state index contributed by atoms with van der Waals surface area (Å²) in [6.45, 7) is 9.22. The number of likely N-dealkylation sites (tertiary alicyclic amines) is 1. The molecule has 2 unspecified atom stereocenters. The van der Waals surface area contributed by atoms with Crippen molar-refractivity contribution in [3.05, 3.63) is 11.7 Å². The summed E-state index contributed by atoms with van der Waals surface area (Å²) in [5.74, 6) is 1.45. The van der Waals surface area contributed by atoms with Crippen LogP contribution in [0, 0.1) is 6.92 Å². The molecule has 1 saturated heterocycles. The Morgan fingerprint density at radius 3 is 2.94 bits per heavy atom. The summed E-state index contributed by atoms with van der Waals surface area (Å²) in [5.41, 5.74) is 0. The van der Waals surface area contributed by atoms with E-state index in [1.165, 1.54) is 12.8 Å². The average molecular weight is 238 g/mol. The highest BCUT2D eigenvalue weighted by atomic mass is 16.5. The molecule has 1 fully saturated rings. The Kier molecular flexibility index (Phi) is 4.12. The van der Waals surface area contributed by atoms with Crippen LogP contribution in [0.15, 0.2) is 4.52 Å². The Balaban J connectivity index is 1.87. The zero-order valence-corrected chi connectivity index (χ0v) is 10.9. The second-order valence-corrected chi connectivity index (χ2v) is 4.83. The van der Waals surface area contributed by atoms with Crippen molar-refractivity contribution in [1.82, 2.24) is 20.4 Å². The van der Waals surface area contributed by atoms with E-state index in [1.807, 2.05) is 6.92 Å². The van der Waals surface area contributed by atoms with Gasteiger partial charge in [-0.3, -0.25) is 4.90 Å². The van der Waals surface area contributed by atoms with E-state index in [-0.39, 0.29) is 0 Å². The molecule has 0 saturated carbocycles. The third-order valence-corrected chi connectivity index (χ3v) is 3.41. The highest BCUT2D eigenvalue weighted by Crippen LogP contribution is 2.19. The second-order valence-electron chi connectivity index (χ2n) is 4.83. The molecule has 0 radical (unpaired) electrons. The Morgan fingerprint density at radius 1 is 1.53 bits per heavy atom. The molecule has 1 aliphatic heterocycles. The Bertz CT molecular complexity index is 352. The van der Waals surface area contributed by atoms with Gasteiger partial charge in [0.25, 0.3) is 0 Å². The summed E-state index contributed by atoms with van der Waals surface area (Å²) in [6.07, 6.45) is 2.40. The maximum absolute atomic E-state index is 5.17. The summed E-state index contributed by atoms with van der Waals surface area (Å²) in [4.78, 5) is 6.68. The first-order valence-corrected chi connectivity index (χ1v) is 6.45. The Labute approximate surface area is 103 Å². The van der Waals surface area contributed by atoms with Crippen LogP contribution in [-0.2, 0) is 6.54 Å². The molecule has 2 heterocycles. The number of nitrogens with one attached hydrogen (secondary N) is 1. The quantitative estimate of drug-likeness (QED) is 0.858. The van der Waals surface area contributed by atoms with Gasteiger partial charge < -0.3 is 9.84 Å². The highest BCUT2D eigenvalue weighted by Gasteiger charge is 2.25. The lowest BCUT2D eigenvalue weighted by Crippen LogP contribution is -2.46. The lowest BCUT2D eigenvalue weighted by Gasteiger charge is -2.37. The van der Waals surface area contributed by atoms with E-state index in [4.69, 9.17) is 4.52 Å². The molecule has 0 aliphatic carbocycles. The van der Waals surface area contributed by atoms with Gasteiger partial charge in [0.05, 0.1) is 6.54 Å². The van der Waals surface area contributed by atoms with E-state index < -0.39 is 0 Å². The molecule has 2 rings (SSSR count). The van der Waals surface area contributed by atoms with E-state index in [0.29, 0.717) is 12.1 Å². The lowest BCUT2D eigenvalue weighted by atomic mass is 9.98. The number of hydrogen-bond acceptors (Lipinski definition) is 5. The summed E-state index contributed by atoms with van der Waals surface area (Å²) in [7, 11) is 0. The molecule has 5 nitrogen and oxygen atoms in total. The Hall–Kier alpha value is -0.940. The fourth-order valence-corrected chi connectivity index (χ4v) is 2.51.